The van der Waals surface area contributed by atoms with Crippen LogP contribution < -0.4 is 0 Å². The molecule has 1 unspecified atom stereocenters. The topological polar surface area (TPSA) is 70.5 Å². The van der Waals surface area contributed by atoms with Gasteiger partial charge in [-0.3, -0.25) is 9.59 Å². The Morgan fingerprint density at radius 3 is 2.89 bits per heavy atom. The van der Waals surface area contributed by atoms with Gasteiger partial charge >= 0.3 is 5.97 Å². The minimum atomic E-state index is -0.816. The molecular formula is C13H15ClN2O3. The van der Waals surface area contributed by atoms with Gasteiger partial charge in [0.05, 0.1) is 5.02 Å². The summed E-state index contributed by atoms with van der Waals surface area (Å²) < 4.78 is 0. The molecule has 0 spiro atoms. The van der Waals surface area contributed by atoms with Crippen LogP contribution in [0.3, 0.4) is 0 Å². The molecule has 0 radical (unpaired) electrons. The first-order valence-electron chi connectivity index (χ1n) is 6.19. The standard InChI is InChI=1S/C13H15ClN2O3/c14-10-3-4-11(15-7-10)13(19)16-5-1-2-9(8-16)6-12(17)18/h3-4,7,9H,1-2,5-6,8H2,(H,17,18). The number of piperidine rings is 1. The average molecular weight is 283 g/mol. The van der Waals surface area contributed by atoms with Gasteiger partial charge in [0.2, 0.25) is 0 Å². The quantitative estimate of drug-likeness (QED) is 0.921. The van der Waals surface area contributed by atoms with Crippen LogP contribution in [0.2, 0.25) is 5.02 Å². The molecule has 1 saturated heterocycles. The van der Waals surface area contributed by atoms with E-state index in [0.717, 1.165) is 12.8 Å². The first-order chi connectivity index (χ1) is 9.06. The number of carbonyl (C=O) groups is 2. The molecule has 2 rings (SSSR count). The van der Waals surface area contributed by atoms with Crippen LogP contribution in [0.4, 0.5) is 0 Å². The number of amides is 1. The van der Waals surface area contributed by atoms with E-state index in [0.29, 0.717) is 23.8 Å². The largest absolute Gasteiger partial charge is 0.481 e. The van der Waals surface area contributed by atoms with E-state index >= 15 is 0 Å². The molecule has 19 heavy (non-hydrogen) atoms. The van der Waals surface area contributed by atoms with Gasteiger partial charge in [0.25, 0.3) is 5.91 Å². The number of carboxylic acid groups (broad SMARTS) is 1. The van der Waals surface area contributed by atoms with Crippen molar-refractivity contribution in [2.24, 2.45) is 5.92 Å². The van der Waals surface area contributed by atoms with E-state index < -0.39 is 5.97 Å². The molecule has 1 atom stereocenters. The smallest absolute Gasteiger partial charge is 0.303 e. The third kappa shape index (κ3) is 3.67. The van der Waals surface area contributed by atoms with Gasteiger partial charge in [-0.2, -0.15) is 0 Å². The van der Waals surface area contributed by atoms with Gasteiger partial charge in [0.15, 0.2) is 0 Å². The van der Waals surface area contributed by atoms with E-state index in [9.17, 15) is 9.59 Å². The fourth-order valence-electron chi connectivity index (χ4n) is 2.33. The van der Waals surface area contributed by atoms with Crippen LogP contribution in [0.5, 0.6) is 0 Å². The number of nitrogens with zero attached hydrogens (tertiary/aromatic N) is 2. The number of likely N-dealkylation sites (tertiary alicyclic amines) is 1. The highest BCUT2D eigenvalue weighted by atomic mass is 35.5. The normalized spacial score (nSPS) is 19.2. The van der Waals surface area contributed by atoms with Crippen LogP contribution in [-0.4, -0.2) is 40.0 Å². The second-order valence-corrected chi connectivity index (χ2v) is 5.16. The summed E-state index contributed by atoms with van der Waals surface area (Å²) in [4.78, 5) is 28.6. The van der Waals surface area contributed by atoms with Crippen LogP contribution in [0, 0.1) is 5.92 Å². The lowest BCUT2D eigenvalue weighted by Gasteiger charge is -2.31. The zero-order chi connectivity index (χ0) is 13.8. The highest BCUT2D eigenvalue weighted by molar-refractivity contribution is 6.30. The molecule has 2 heterocycles. The Kier molecular flexibility index (Phi) is 4.37. The molecule has 1 aliphatic rings. The predicted molar refractivity (Wildman–Crippen MR) is 70.1 cm³/mol. The molecule has 1 amide bonds. The van der Waals surface area contributed by atoms with Gasteiger partial charge in [0, 0.05) is 25.7 Å². The number of pyridine rings is 1. The van der Waals surface area contributed by atoms with Crippen molar-refractivity contribution in [3.05, 3.63) is 29.0 Å². The maximum atomic E-state index is 12.2. The van der Waals surface area contributed by atoms with Crippen molar-refractivity contribution < 1.29 is 14.7 Å². The van der Waals surface area contributed by atoms with E-state index in [4.69, 9.17) is 16.7 Å². The number of carbonyl (C=O) groups excluding carboxylic acids is 1. The molecule has 0 saturated carbocycles. The predicted octanol–water partition coefficient (Wildman–Crippen LogP) is 2.06. The number of aromatic nitrogens is 1. The Bertz CT molecular complexity index is 475. The van der Waals surface area contributed by atoms with Crippen molar-refractivity contribution in [1.82, 2.24) is 9.88 Å². The van der Waals surface area contributed by atoms with E-state index in [-0.39, 0.29) is 18.2 Å². The Labute approximate surface area is 116 Å². The minimum Gasteiger partial charge on any atom is -0.481 e. The van der Waals surface area contributed by atoms with Crippen molar-refractivity contribution in [2.45, 2.75) is 19.3 Å². The van der Waals surface area contributed by atoms with Crippen molar-refractivity contribution in [3.8, 4) is 0 Å². The van der Waals surface area contributed by atoms with Crippen molar-refractivity contribution >= 4 is 23.5 Å². The Morgan fingerprint density at radius 1 is 1.47 bits per heavy atom. The molecular weight excluding hydrogens is 268 g/mol. The van der Waals surface area contributed by atoms with E-state index in [1.165, 1.54) is 6.20 Å². The molecule has 0 bridgehead atoms. The Balaban J connectivity index is 2.02. The first kappa shape index (κ1) is 13.8. The summed E-state index contributed by atoms with van der Waals surface area (Å²) in [5, 5.41) is 9.29. The summed E-state index contributed by atoms with van der Waals surface area (Å²) >= 11 is 5.73. The van der Waals surface area contributed by atoms with Gasteiger partial charge in [-0.25, -0.2) is 4.98 Å². The molecule has 102 valence electrons. The van der Waals surface area contributed by atoms with Crippen molar-refractivity contribution in [1.29, 1.82) is 0 Å². The lowest BCUT2D eigenvalue weighted by molar-refractivity contribution is -0.138. The van der Waals surface area contributed by atoms with Gasteiger partial charge in [-0.1, -0.05) is 11.6 Å². The Morgan fingerprint density at radius 2 is 2.26 bits per heavy atom. The molecule has 0 aliphatic carbocycles. The van der Waals surface area contributed by atoms with Crippen molar-refractivity contribution in [2.75, 3.05) is 13.1 Å². The first-order valence-corrected chi connectivity index (χ1v) is 6.56. The number of halogens is 1. The second-order valence-electron chi connectivity index (χ2n) is 4.72. The summed E-state index contributed by atoms with van der Waals surface area (Å²) in [6.45, 7) is 1.13. The zero-order valence-corrected chi connectivity index (χ0v) is 11.1. The minimum absolute atomic E-state index is 0.0301. The van der Waals surface area contributed by atoms with Crippen LogP contribution >= 0.6 is 11.6 Å². The molecule has 1 aromatic rings. The van der Waals surface area contributed by atoms with Gasteiger partial charge < -0.3 is 10.0 Å². The van der Waals surface area contributed by atoms with Gasteiger partial charge in [-0.05, 0) is 30.9 Å². The van der Waals surface area contributed by atoms with Crippen molar-refractivity contribution in [3.63, 3.8) is 0 Å². The molecule has 1 aromatic heterocycles. The summed E-state index contributed by atoms with van der Waals surface area (Å²) in [6, 6.07) is 3.21. The Hall–Kier alpha value is -1.62. The SMILES string of the molecule is O=C(O)CC1CCCN(C(=O)c2ccc(Cl)cn2)C1. The zero-order valence-electron chi connectivity index (χ0n) is 10.4. The maximum absolute atomic E-state index is 12.2. The molecule has 5 nitrogen and oxygen atoms in total. The molecule has 1 fully saturated rings. The molecule has 0 aromatic carbocycles. The third-order valence-electron chi connectivity index (χ3n) is 3.22. The summed E-state index contributed by atoms with van der Waals surface area (Å²) in [5.41, 5.74) is 0.348. The molecule has 1 aliphatic heterocycles. The third-order valence-corrected chi connectivity index (χ3v) is 3.44. The summed E-state index contributed by atoms with van der Waals surface area (Å²) in [6.07, 6.45) is 3.23. The lowest BCUT2D eigenvalue weighted by atomic mass is 9.94. The van der Waals surface area contributed by atoms with Crippen LogP contribution in [0.1, 0.15) is 29.8 Å². The monoisotopic (exact) mass is 282 g/mol. The highest BCUT2D eigenvalue weighted by Gasteiger charge is 2.26. The van der Waals surface area contributed by atoms with Crippen LogP contribution in [-0.2, 0) is 4.79 Å². The van der Waals surface area contributed by atoms with E-state index in [1.807, 2.05) is 0 Å². The molecule has 6 heteroatoms. The summed E-state index contributed by atoms with van der Waals surface area (Å²) in [7, 11) is 0. The second kappa shape index (κ2) is 6.02. The highest BCUT2D eigenvalue weighted by Crippen LogP contribution is 2.21. The van der Waals surface area contributed by atoms with Crippen LogP contribution in [0.15, 0.2) is 18.3 Å². The number of hydrogen-bond acceptors (Lipinski definition) is 3. The number of aliphatic carboxylic acids is 1. The van der Waals surface area contributed by atoms with Gasteiger partial charge in [0.1, 0.15) is 5.69 Å². The lowest BCUT2D eigenvalue weighted by Crippen LogP contribution is -2.40. The fourth-order valence-corrected chi connectivity index (χ4v) is 2.44. The summed E-state index contributed by atoms with van der Waals surface area (Å²) in [5.74, 6) is -0.946. The average Bonchev–Trinajstić information content (AvgIpc) is 2.38. The number of carboxylic acids is 1. The number of hydrogen-bond donors (Lipinski definition) is 1. The molecule has 1 N–H and O–H groups in total. The fraction of sp³-hybridized carbons (Fsp3) is 0.462. The van der Waals surface area contributed by atoms with E-state index in [1.54, 1.807) is 17.0 Å². The van der Waals surface area contributed by atoms with Crippen LogP contribution in [0.25, 0.3) is 0 Å². The maximum Gasteiger partial charge on any atom is 0.303 e. The van der Waals surface area contributed by atoms with E-state index in [2.05, 4.69) is 4.98 Å². The number of rotatable bonds is 3. The van der Waals surface area contributed by atoms with Gasteiger partial charge in [-0.15, -0.1) is 0 Å².